The molecule has 0 saturated carbocycles. The molecule has 5 unspecified atom stereocenters. The second-order valence-corrected chi connectivity index (χ2v) is 14.9. The Morgan fingerprint density at radius 3 is 2.06 bits per heavy atom. The fourth-order valence-corrected chi connectivity index (χ4v) is 9.93. The van der Waals surface area contributed by atoms with Gasteiger partial charge in [-0.3, -0.25) is 0 Å². The molecule has 0 aromatic heterocycles. The molecule has 4 aliphatic heterocycles. The van der Waals surface area contributed by atoms with Gasteiger partial charge in [-0.05, 0) is 42.0 Å². The molecular weight excluding hydrogens is 1060 g/mol. The van der Waals surface area contributed by atoms with E-state index >= 15 is 0 Å². The Balaban J connectivity index is 0.000000969. The number of hydrogen-bond acceptors (Lipinski definition) is 0. The van der Waals surface area contributed by atoms with Crippen LogP contribution in [-0.4, -0.2) is 15.7 Å². The Kier molecular flexibility index (Phi) is 10.5. The normalized spacial score (nSPS) is 29.4. The number of benzene rings is 4. The number of fused-ring (bicyclic) bond motifs is 9. The molecule has 4 heterocycles. The molecule has 8 heteroatoms. The van der Waals surface area contributed by atoms with Crippen LogP contribution in [0.1, 0.15) is 42.9 Å². The van der Waals surface area contributed by atoms with E-state index in [1.54, 1.807) is 45.7 Å². The summed E-state index contributed by atoms with van der Waals surface area (Å²) in [5.41, 5.74) is 13.3. The first-order chi connectivity index (χ1) is 26.0. The van der Waals surface area contributed by atoms with Gasteiger partial charge in [0, 0.05) is 46.9 Å². The molecule has 2 saturated heterocycles. The molecule has 2 aliphatic carbocycles. The molecule has 6 aliphatic rings. The Morgan fingerprint density at radius 2 is 1.40 bits per heavy atom. The van der Waals surface area contributed by atoms with Crippen molar-refractivity contribution in [1.82, 2.24) is 9.18 Å². The summed E-state index contributed by atoms with van der Waals surface area (Å²) in [5, 5.41) is 2.66. The van der Waals surface area contributed by atoms with Crippen molar-refractivity contribution < 1.29 is 49.2 Å². The number of quaternary nitrogens is 4. The van der Waals surface area contributed by atoms with E-state index in [9.17, 15) is 0 Å². The van der Waals surface area contributed by atoms with Crippen molar-refractivity contribution in [1.29, 1.82) is 0 Å². The molecule has 0 amide bonds. The van der Waals surface area contributed by atoms with Crippen LogP contribution in [0.15, 0.2) is 163 Å². The first kappa shape index (κ1) is 37.4. The summed E-state index contributed by atoms with van der Waals surface area (Å²) in [6, 6.07) is 34.2. The van der Waals surface area contributed by atoms with Crippen molar-refractivity contribution in [3.8, 4) is 0 Å². The zero-order valence-electron chi connectivity index (χ0n) is 29.7. The number of rotatable bonds is 10. The van der Waals surface area contributed by atoms with E-state index in [-0.39, 0.29) is 0 Å². The number of nitrogens with zero attached hydrogens (tertiary/aromatic N) is 4. The van der Waals surface area contributed by atoms with Gasteiger partial charge in [0.15, 0.2) is 19.0 Å². The molecule has 5 atom stereocenters. The average molecular weight is 1110 g/mol. The summed E-state index contributed by atoms with van der Waals surface area (Å²) in [5.74, 6) is 0.651. The molecule has 53 heavy (non-hydrogen) atoms. The van der Waals surface area contributed by atoms with E-state index in [0.717, 1.165) is 44.5 Å². The van der Waals surface area contributed by atoms with Gasteiger partial charge in [0.05, 0.1) is 0 Å². The standard InChI is InChI=1S/C45H44N4.2Au.2ClH/c1-3-14-34(15-4-2)28-46-32-48(46,44-26-38-20-10-8-18-36(38)24-42(44)46)30-40-22-12-13-23-41(40)31-49-33-47(49,29-35-16-6-5-7-17-35)43-25-37-19-9-11-21-39(37)27-45(43)49;;;;/h3-9,11-19,21-25,27,32-33,38H,1,10,20,26,28-31H2,2H3;;;2*1H/q+2;2*+1;;/p-2/b15-4-,34-14+;;;;. The maximum atomic E-state index is 4.58. The SMILES string of the molecule is C=C/C=C(\C=C/C)C[N+]12[CH-][N+]1(Cc1ccccc1C[N+]13[CH-][N+]1(Cc1ccccc1)c1cc4ccccc4cc13)C1=C2C=C2C=CCCC2C1.[Cl][Au].[Cl][Au]. The zero-order chi connectivity index (χ0) is 36.8. The first-order valence-corrected chi connectivity index (χ1v) is 23.6. The van der Waals surface area contributed by atoms with E-state index < -0.39 is 0 Å². The molecule has 2 fully saturated rings. The van der Waals surface area contributed by atoms with Crippen LogP contribution in [0.4, 0.5) is 11.4 Å². The van der Waals surface area contributed by atoms with Crippen LogP contribution >= 0.6 is 18.4 Å². The first-order valence-electron chi connectivity index (χ1n) is 18.3. The van der Waals surface area contributed by atoms with Crippen LogP contribution in [-0.2, 0) is 59.6 Å². The number of hydrogen-bond donors (Lipinski definition) is 0. The van der Waals surface area contributed by atoms with Crippen molar-refractivity contribution in [3.63, 3.8) is 0 Å². The van der Waals surface area contributed by atoms with Crippen molar-refractivity contribution in [3.05, 3.63) is 193 Å². The Labute approximate surface area is 347 Å². The Bertz CT molecular complexity index is 2250. The third-order valence-corrected chi connectivity index (χ3v) is 12.3. The second-order valence-electron chi connectivity index (χ2n) is 14.9. The Morgan fingerprint density at radius 1 is 0.792 bits per heavy atom. The van der Waals surface area contributed by atoms with Crippen molar-refractivity contribution in [2.75, 3.05) is 6.54 Å². The summed E-state index contributed by atoms with van der Waals surface area (Å²) in [4.78, 5) is 0. The molecule has 0 radical (unpaired) electrons. The summed E-state index contributed by atoms with van der Waals surface area (Å²) in [7, 11) is 9.17. The van der Waals surface area contributed by atoms with Gasteiger partial charge in [-0.15, -0.1) is 0 Å². The van der Waals surface area contributed by atoms with Gasteiger partial charge >= 0.3 is 58.4 Å². The fraction of sp³-hybridized carbons (Fsp3) is 0.200. The molecule has 4 nitrogen and oxygen atoms in total. The zero-order valence-corrected chi connectivity index (χ0v) is 35.6. The predicted octanol–water partition coefficient (Wildman–Crippen LogP) is 11.7. The average Bonchev–Trinajstić information content (AvgIpc) is 4.00. The summed E-state index contributed by atoms with van der Waals surface area (Å²) >= 11 is 3.50. The van der Waals surface area contributed by atoms with Gasteiger partial charge in [0.25, 0.3) is 0 Å². The summed E-state index contributed by atoms with van der Waals surface area (Å²) in [6.45, 7) is 15.3. The van der Waals surface area contributed by atoms with E-state index in [0.29, 0.717) is 5.92 Å². The van der Waals surface area contributed by atoms with E-state index in [1.165, 1.54) is 74.9 Å². The maximum absolute atomic E-state index is 4.58. The van der Waals surface area contributed by atoms with Crippen LogP contribution in [0.2, 0.25) is 0 Å². The predicted molar refractivity (Wildman–Crippen MR) is 212 cm³/mol. The third-order valence-electron chi connectivity index (χ3n) is 12.3. The van der Waals surface area contributed by atoms with Gasteiger partial charge in [0.2, 0.25) is 17.1 Å². The van der Waals surface area contributed by atoms with Crippen LogP contribution in [0, 0.1) is 19.3 Å². The van der Waals surface area contributed by atoms with Gasteiger partial charge in [-0.2, -0.15) is 0 Å². The van der Waals surface area contributed by atoms with E-state index in [2.05, 4.69) is 173 Å². The summed E-state index contributed by atoms with van der Waals surface area (Å²) < 4.78 is 3.64. The molecule has 4 aromatic carbocycles. The van der Waals surface area contributed by atoms with E-state index in [4.69, 9.17) is 0 Å². The van der Waals surface area contributed by atoms with Crippen molar-refractivity contribution >= 4 is 40.5 Å². The summed E-state index contributed by atoms with van der Waals surface area (Å²) in [6.07, 6.45) is 19.5. The second kappa shape index (κ2) is 14.9. The topological polar surface area (TPSA) is 0 Å². The fourth-order valence-electron chi connectivity index (χ4n) is 9.93. The van der Waals surface area contributed by atoms with Crippen molar-refractivity contribution in [2.45, 2.75) is 45.8 Å². The van der Waals surface area contributed by atoms with Gasteiger partial charge < -0.3 is 0 Å². The van der Waals surface area contributed by atoms with Gasteiger partial charge in [0.1, 0.15) is 26.2 Å². The Hall–Kier alpha value is -2.52. The van der Waals surface area contributed by atoms with Gasteiger partial charge in [-0.1, -0.05) is 122 Å². The monoisotopic (exact) mass is 1100 g/mol. The third kappa shape index (κ3) is 5.82. The molecule has 278 valence electrons. The molecule has 10 rings (SSSR count). The van der Waals surface area contributed by atoms with Crippen LogP contribution in [0.5, 0.6) is 0 Å². The van der Waals surface area contributed by atoms with Crippen molar-refractivity contribution in [2.24, 2.45) is 5.92 Å². The quantitative estimate of drug-likeness (QED) is 0.0488. The number of halogens is 2. The molecule has 0 spiro atoms. The molecule has 4 aromatic rings. The van der Waals surface area contributed by atoms with Crippen LogP contribution in [0.25, 0.3) is 10.8 Å². The van der Waals surface area contributed by atoms with Gasteiger partial charge in [-0.25, -0.2) is 18.4 Å². The van der Waals surface area contributed by atoms with Crippen LogP contribution < -0.4 is 9.18 Å². The molecular formula is C45H44Au2Cl2N4+2. The molecule has 0 N–H and O–H groups in total. The molecule has 0 bridgehead atoms. The minimum absolute atomic E-state index is 0.651. The van der Waals surface area contributed by atoms with Crippen LogP contribution in [0.3, 0.4) is 0 Å². The number of allylic oxidation sites excluding steroid dienone is 8. The minimum atomic E-state index is 0.651. The van der Waals surface area contributed by atoms with E-state index in [1.807, 2.05) is 6.08 Å².